The number of hydrogen-bond donors (Lipinski definition) is 1. The summed E-state index contributed by atoms with van der Waals surface area (Å²) in [5, 5.41) is 4.16. The van der Waals surface area contributed by atoms with Crippen LogP contribution < -0.4 is 5.32 Å². The van der Waals surface area contributed by atoms with Gasteiger partial charge in [-0.25, -0.2) is 15.0 Å². The van der Waals surface area contributed by atoms with Crippen LogP contribution in [0.3, 0.4) is 0 Å². The number of halogens is 3. The van der Waals surface area contributed by atoms with Crippen LogP contribution in [0.1, 0.15) is 22.6 Å². The molecule has 6 aromatic rings. The zero-order valence-electron chi connectivity index (χ0n) is 20.1. The van der Waals surface area contributed by atoms with Gasteiger partial charge in [0.25, 0.3) is 0 Å². The molecule has 3 aromatic heterocycles. The number of hydrogen-bond acceptors (Lipinski definition) is 4. The molecule has 0 fully saturated rings. The van der Waals surface area contributed by atoms with E-state index in [0.29, 0.717) is 17.9 Å². The summed E-state index contributed by atoms with van der Waals surface area (Å²) < 4.78 is 43.8. The first kappa shape index (κ1) is 23.7. The maximum absolute atomic E-state index is 14.1. The summed E-state index contributed by atoms with van der Waals surface area (Å²) in [5.74, 6) is 0.467. The molecule has 0 saturated heterocycles. The third kappa shape index (κ3) is 4.56. The van der Waals surface area contributed by atoms with Crippen molar-refractivity contribution >= 4 is 22.4 Å². The van der Waals surface area contributed by atoms with Crippen LogP contribution in [0.25, 0.3) is 27.9 Å². The maximum Gasteiger partial charge on any atom is 0.417 e. The molecule has 188 valence electrons. The van der Waals surface area contributed by atoms with E-state index < -0.39 is 11.7 Å². The predicted molar refractivity (Wildman–Crippen MR) is 142 cm³/mol. The van der Waals surface area contributed by atoms with Crippen LogP contribution in [-0.2, 0) is 6.18 Å². The summed E-state index contributed by atoms with van der Waals surface area (Å²) >= 11 is 0. The maximum atomic E-state index is 14.1. The fourth-order valence-electron chi connectivity index (χ4n) is 4.70. The van der Waals surface area contributed by atoms with Gasteiger partial charge >= 0.3 is 6.18 Å². The average molecular weight is 510 g/mol. The van der Waals surface area contributed by atoms with Gasteiger partial charge < -0.3 is 9.72 Å². The Morgan fingerprint density at radius 1 is 0.816 bits per heavy atom. The highest BCUT2D eigenvalue weighted by atomic mass is 19.4. The minimum absolute atomic E-state index is 0.00242. The smallest absolute Gasteiger partial charge is 0.368 e. The molecular formula is C30H22F3N5. The predicted octanol–water partition coefficient (Wildman–Crippen LogP) is 7.21. The van der Waals surface area contributed by atoms with E-state index in [-0.39, 0.29) is 23.0 Å². The average Bonchev–Trinajstić information content (AvgIpc) is 3.41. The zero-order valence-corrected chi connectivity index (χ0v) is 20.1. The third-order valence-corrected chi connectivity index (χ3v) is 6.56. The van der Waals surface area contributed by atoms with Gasteiger partial charge in [-0.1, -0.05) is 72.8 Å². The number of alkyl halides is 3. The molecular weight excluding hydrogens is 487 g/mol. The largest absolute Gasteiger partial charge is 0.417 e. The third-order valence-electron chi connectivity index (χ3n) is 6.56. The summed E-state index contributed by atoms with van der Waals surface area (Å²) in [6, 6.07) is 28.5. The number of anilines is 1. The first-order chi connectivity index (χ1) is 18.5. The number of rotatable bonds is 6. The van der Waals surface area contributed by atoms with E-state index in [1.807, 2.05) is 54.6 Å². The van der Waals surface area contributed by atoms with Crippen molar-refractivity contribution in [2.45, 2.75) is 12.1 Å². The Bertz CT molecular complexity index is 1670. The molecule has 0 amide bonds. The summed E-state index contributed by atoms with van der Waals surface area (Å²) in [7, 11) is 0. The van der Waals surface area contributed by atoms with Gasteiger partial charge in [-0.2, -0.15) is 13.2 Å². The van der Waals surface area contributed by atoms with Gasteiger partial charge in [0.05, 0.1) is 11.1 Å². The number of nitrogens with one attached hydrogen (secondary N) is 1. The summed E-state index contributed by atoms with van der Waals surface area (Å²) in [4.78, 5) is 13.2. The van der Waals surface area contributed by atoms with Crippen LogP contribution >= 0.6 is 0 Å². The lowest BCUT2D eigenvalue weighted by Crippen LogP contribution is -2.16. The van der Waals surface area contributed by atoms with E-state index in [1.165, 1.54) is 16.8 Å². The van der Waals surface area contributed by atoms with Crippen molar-refractivity contribution in [2.75, 3.05) is 11.9 Å². The van der Waals surface area contributed by atoms with Gasteiger partial charge in [0.15, 0.2) is 5.82 Å². The quantitative estimate of drug-likeness (QED) is 0.258. The van der Waals surface area contributed by atoms with Gasteiger partial charge in [0, 0.05) is 42.0 Å². The van der Waals surface area contributed by atoms with Crippen LogP contribution in [0.2, 0.25) is 0 Å². The lowest BCUT2D eigenvalue weighted by Gasteiger charge is -2.20. The molecule has 5 nitrogen and oxygen atoms in total. The molecule has 3 heterocycles. The Kier molecular flexibility index (Phi) is 5.99. The highest BCUT2D eigenvalue weighted by molar-refractivity contribution is 5.90. The minimum atomic E-state index is -4.60. The van der Waals surface area contributed by atoms with E-state index in [2.05, 4.69) is 44.5 Å². The van der Waals surface area contributed by atoms with Gasteiger partial charge in [-0.3, -0.25) is 0 Å². The van der Waals surface area contributed by atoms with Crippen molar-refractivity contribution in [1.29, 1.82) is 0 Å². The molecule has 38 heavy (non-hydrogen) atoms. The topological polar surface area (TPSA) is 55.1 Å². The van der Waals surface area contributed by atoms with E-state index in [1.54, 1.807) is 12.3 Å². The Hall–Kier alpha value is -4.72. The van der Waals surface area contributed by atoms with Gasteiger partial charge in [-0.05, 0) is 29.3 Å². The molecule has 0 bridgehead atoms. The molecule has 0 unspecified atom stereocenters. The number of aromatic nitrogens is 4. The highest BCUT2D eigenvalue weighted by Crippen LogP contribution is 2.38. The Balaban J connectivity index is 1.46. The lowest BCUT2D eigenvalue weighted by molar-refractivity contribution is -0.137. The lowest BCUT2D eigenvalue weighted by atomic mass is 9.91. The van der Waals surface area contributed by atoms with Crippen molar-refractivity contribution in [3.8, 4) is 11.4 Å². The number of benzene rings is 3. The SMILES string of the molecule is FC(F)(F)c1cc2nccn2cc1-c1nc(NCC(c2ccccc2)c2ccccc2)c2ccccc2n1. The molecule has 0 atom stereocenters. The second-order valence-electron chi connectivity index (χ2n) is 8.96. The van der Waals surface area contributed by atoms with E-state index in [9.17, 15) is 13.2 Å². The second-order valence-corrected chi connectivity index (χ2v) is 8.96. The van der Waals surface area contributed by atoms with Crippen LogP contribution in [0.5, 0.6) is 0 Å². The molecule has 1 N–H and O–H groups in total. The zero-order chi connectivity index (χ0) is 26.1. The highest BCUT2D eigenvalue weighted by Gasteiger charge is 2.35. The number of pyridine rings is 1. The fourth-order valence-corrected chi connectivity index (χ4v) is 4.70. The summed E-state index contributed by atoms with van der Waals surface area (Å²) in [5.41, 5.74) is 2.05. The van der Waals surface area contributed by atoms with Crippen LogP contribution in [0.4, 0.5) is 19.0 Å². The standard InChI is InChI=1S/C30H22F3N5/c31-30(32,33)25-17-27-34-15-16-38(27)19-24(25)29-36-26-14-8-7-13-22(26)28(37-29)35-18-23(20-9-3-1-4-10-20)21-11-5-2-6-12-21/h1-17,19,23H,18H2,(H,35,36,37). The van der Waals surface area contributed by atoms with Crippen LogP contribution in [0.15, 0.2) is 110 Å². The number of imidazole rings is 1. The monoisotopic (exact) mass is 509 g/mol. The number of para-hydroxylation sites is 1. The van der Waals surface area contributed by atoms with Gasteiger partial charge in [-0.15, -0.1) is 0 Å². The molecule has 3 aromatic carbocycles. The first-order valence-electron chi connectivity index (χ1n) is 12.1. The van der Waals surface area contributed by atoms with Gasteiger partial charge in [0.2, 0.25) is 0 Å². The van der Waals surface area contributed by atoms with Crippen molar-refractivity contribution in [2.24, 2.45) is 0 Å². The molecule has 0 aliphatic rings. The van der Waals surface area contributed by atoms with Crippen molar-refractivity contribution < 1.29 is 13.2 Å². The minimum Gasteiger partial charge on any atom is -0.368 e. The van der Waals surface area contributed by atoms with E-state index in [0.717, 1.165) is 22.6 Å². The van der Waals surface area contributed by atoms with Crippen LogP contribution in [-0.4, -0.2) is 25.9 Å². The summed E-state index contributed by atoms with van der Waals surface area (Å²) in [6.07, 6.45) is -0.155. The first-order valence-corrected chi connectivity index (χ1v) is 12.1. The normalized spacial score (nSPS) is 11.9. The molecule has 0 spiro atoms. The van der Waals surface area contributed by atoms with E-state index in [4.69, 9.17) is 0 Å². The fraction of sp³-hybridized carbons (Fsp3) is 0.100. The molecule has 6 rings (SSSR count). The van der Waals surface area contributed by atoms with Gasteiger partial charge in [0.1, 0.15) is 11.5 Å². The van der Waals surface area contributed by atoms with Crippen molar-refractivity contribution in [3.05, 3.63) is 126 Å². The number of nitrogens with zero attached hydrogens (tertiary/aromatic N) is 4. The van der Waals surface area contributed by atoms with Crippen molar-refractivity contribution in [1.82, 2.24) is 19.4 Å². The molecule has 0 aliphatic carbocycles. The van der Waals surface area contributed by atoms with Crippen molar-refractivity contribution in [3.63, 3.8) is 0 Å². The second kappa shape index (κ2) is 9.63. The Morgan fingerprint density at radius 2 is 1.47 bits per heavy atom. The molecule has 0 radical (unpaired) electrons. The van der Waals surface area contributed by atoms with Crippen LogP contribution in [0, 0.1) is 0 Å². The number of fused-ring (bicyclic) bond motifs is 2. The molecule has 8 heteroatoms. The Morgan fingerprint density at radius 3 is 2.16 bits per heavy atom. The Labute approximate surface area is 216 Å². The molecule has 0 saturated carbocycles. The molecule has 0 aliphatic heterocycles. The van der Waals surface area contributed by atoms with E-state index >= 15 is 0 Å². The summed E-state index contributed by atoms with van der Waals surface area (Å²) in [6.45, 7) is 0.487.